The maximum Gasteiger partial charge on any atom is 0.326 e. The molecule has 0 aliphatic heterocycles. The number of hydrogen-bond donors (Lipinski definition) is 2. The van der Waals surface area contributed by atoms with Crippen molar-refractivity contribution >= 4 is 11.9 Å². The smallest absolute Gasteiger partial charge is 0.326 e. The van der Waals surface area contributed by atoms with Gasteiger partial charge in [-0.2, -0.15) is 0 Å². The van der Waals surface area contributed by atoms with Gasteiger partial charge in [0, 0.05) is 20.0 Å². The van der Waals surface area contributed by atoms with Gasteiger partial charge in [-0.05, 0) is 6.92 Å². The first-order valence-electron chi connectivity index (χ1n) is 3.69. The first-order valence-corrected chi connectivity index (χ1v) is 3.69. The van der Waals surface area contributed by atoms with E-state index in [9.17, 15) is 9.59 Å². The van der Waals surface area contributed by atoms with Crippen LogP contribution in [-0.4, -0.2) is 41.5 Å². The normalized spacial score (nSPS) is 12.2. The molecule has 1 unspecified atom stereocenters. The number of carboxylic acid groups (broad SMARTS) is 1. The predicted octanol–water partition coefficient (Wildman–Crippen LogP) is -0.733. The van der Waals surface area contributed by atoms with Gasteiger partial charge in [-0.25, -0.2) is 4.79 Å². The molecule has 1 amide bonds. The van der Waals surface area contributed by atoms with E-state index < -0.39 is 12.0 Å². The van der Waals surface area contributed by atoms with Gasteiger partial charge in [0.2, 0.25) is 5.91 Å². The highest BCUT2D eigenvalue weighted by molar-refractivity contribution is 5.83. The molecule has 0 rings (SSSR count). The molecule has 0 saturated heterocycles. The molecular formula is C7H14N2O3. The zero-order chi connectivity index (χ0) is 9.72. The van der Waals surface area contributed by atoms with Gasteiger partial charge < -0.3 is 15.7 Å². The molecule has 5 heteroatoms. The number of nitrogens with two attached hydrogens (primary N) is 1. The van der Waals surface area contributed by atoms with Crippen LogP contribution in [0.2, 0.25) is 0 Å². The lowest BCUT2D eigenvalue weighted by Crippen LogP contribution is -2.40. The van der Waals surface area contributed by atoms with Crippen molar-refractivity contribution in [2.45, 2.75) is 19.4 Å². The van der Waals surface area contributed by atoms with E-state index in [1.54, 1.807) is 0 Å². The fraction of sp³-hybridized carbons (Fsp3) is 0.714. The number of amides is 1. The summed E-state index contributed by atoms with van der Waals surface area (Å²) in [6.07, 6.45) is 0.189. The number of aliphatic carboxylic acids is 1. The van der Waals surface area contributed by atoms with Crippen molar-refractivity contribution in [2.75, 3.05) is 13.6 Å². The fourth-order valence-corrected chi connectivity index (χ4v) is 0.681. The first kappa shape index (κ1) is 10.9. The van der Waals surface area contributed by atoms with Crippen LogP contribution in [0.3, 0.4) is 0 Å². The zero-order valence-corrected chi connectivity index (χ0v) is 7.28. The number of carbonyl (C=O) groups is 2. The lowest BCUT2D eigenvalue weighted by atomic mass is 10.2. The summed E-state index contributed by atoms with van der Waals surface area (Å²) in [5.74, 6) is -1.25. The van der Waals surface area contributed by atoms with Gasteiger partial charge in [0.1, 0.15) is 6.04 Å². The number of nitrogens with zero attached hydrogens (tertiary/aromatic N) is 1. The number of carbonyl (C=O) groups excluding carboxylic acids is 1. The molecule has 12 heavy (non-hydrogen) atoms. The molecule has 0 radical (unpaired) electrons. The molecule has 3 N–H and O–H groups in total. The molecule has 70 valence electrons. The van der Waals surface area contributed by atoms with Gasteiger partial charge in [0.25, 0.3) is 0 Å². The van der Waals surface area contributed by atoms with Gasteiger partial charge in [-0.15, -0.1) is 0 Å². The summed E-state index contributed by atoms with van der Waals surface area (Å²) in [6.45, 7) is 1.70. The Morgan fingerprint density at radius 1 is 1.58 bits per heavy atom. The van der Waals surface area contributed by atoms with Crippen molar-refractivity contribution in [1.29, 1.82) is 0 Å². The fourth-order valence-electron chi connectivity index (χ4n) is 0.681. The molecule has 0 heterocycles. The second kappa shape index (κ2) is 4.71. The van der Waals surface area contributed by atoms with E-state index in [0.717, 1.165) is 0 Å². The molecule has 1 atom stereocenters. The van der Waals surface area contributed by atoms with Crippen LogP contribution in [0.4, 0.5) is 0 Å². The summed E-state index contributed by atoms with van der Waals surface area (Å²) in [7, 11) is 1.46. The number of hydrogen-bond acceptors (Lipinski definition) is 3. The second-order valence-electron chi connectivity index (χ2n) is 2.56. The monoisotopic (exact) mass is 174 g/mol. The van der Waals surface area contributed by atoms with Gasteiger partial charge in [-0.1, -0.05) is 0 Å². The van der Waals surface area contributed by atoms with Crippen LogP contribution >= 0.6 is 0 Å². The molecule has 0 spiro atoms. The van der Waals surface area contributed by atoms with E-state index in [2.05, 4.69) is 0 Å². The summed E-state index contributed by atoms with van der Waals surface area (Å²) < 4.78 is 0. The number of rotatable bonds is 4. The Kier molecular flexibility index (Phi) is 4.28. The summed E-state index contributed by atoms with van der Waals surface area (Å²) in [4.78, 5) is 22.7. The van der Waals surface area contributed by atoms with Crippen molar-refractivity contribution in [3.8, 4) is 0 Å². The third-order valence-electron chi connectivity index (χ3n) is 1.69. The number of carboxylic acids is 1. The van der Waals surface area contributed by atoms with Crippen molar-refractivity contribution in [3.63, 3.8) is 0 Å². The second-order valence-corrected chi connectivity index (χ2v) is 2.56. The van der Waals surface area contributed by atoms with E-state index in [0.29, 0.717) is 0 Å². The molecule has 0 aliphatic rings. The molecule has 0 aromatic heterocycles. The Labute approximate surface area is 71.1 Å². The third kappa shape index (κ3) is 2.87. The first-order chi connectivity index (χ1) is 5.50. The summed E-state index contributed by atoms with van der Waals surface area (Å²) in [5, 5.41) is 8.54. The van der Waals surface area contributed by atoms with E-state index in [1.165, 1.54) is 18.9 Å². The molecule has 0 aromatic carbocycles. The van der Waals surface area contributed by atoms with Gasteiger partial charge in [0.15, 0.2) is 0 Å². The maximum atomic E-state index is 11.1. The highest BCUT2D eigenvalue weighted by atomic mass is 16.4. The van der Waals surface area contributed by atoms with Crippen molar-refractivity contribution < 1.29 is 14.7 Å². The lowest BCUT2D eigenvalue weighted by molar-refractivity contribution is -0.148. The van der Waals surface area contributed by atoms with E-state index in [1.807, 2.05) is 0 Å². The molecule has 0 aromatic rings. The minimum atomic E-state index is -1.01. The van der Waals surface area contributed by atoms with Crippen LogP contribution in [0.15, 0.2) is 0 Å². The van der Waals surface area contributed by atoms with E-state index in [-0.39, 0.29) is 18.9 Å². The zero-order valence-electron chi connectivity index (χ0n) is 7.28. The van der Waals surface area contributed by atoms with E-state index >= 15 is 0 Å². The lowest BCUT2D eigenvalue weighted by Gasteiger charge is -2.20. The van der Waals surface area contributed by atoms with Gasteiger partial charge in [-0.3, -0.25) is 4.79 Å². The summed E-state index contributed by atoms with van der Waals surface area (Å²) in [6, 6.07) is -0.788. The minimum absolute atomic E-state index is 0.189. The molecule has 0 fully saturated rings. The largest absolute Gasteiger partial charge is 0.480 e. The Balaban J connectivity index is 4.09. The third-order valence-corrected chi connectivity index (χ3v) is 1.69. The molecule has 0 aliphatic carbocycles. The van der Waals surface area contributed by atoms with Crippen LogP contribution in [0, 0.1) is 0 Å². The maximum absolute atomic E-state index is 11.1. The van der Waals surface area contributed by atoms with Crippen LogP contribution in [-0.2, 0) is 9.59 Å². The Bertz CT molecular complexity index is 181. The SMILES string of the molecule is CC(C(=O)O)N(C)C(=O)CCN. The Hall–Kier alpha value is -1.10. The van der Waals surface area contributed by atoms with Gasteiger partial charge >= 0.3 is 5.97 Å². The minimum Gasteiger partial charge on any atom is -0.480 e. The van der Waals surface area contributed by atoms with Crippen LogP contribution in [0.5, 0.6) is 0 Å². The van der Waals surface area contributed by atoms with Crippen LogP contribution in [0.1, 0.15) is 13.3 Å². The standard InChI is InChI=1S/C7H14N2O3/c1-5(7(11)12)9(2)6(10)3-4-8/h5H,3-4,8H2,1-2H3,(H,11,12). The van der Waals surface area contributed by atoms with E-state index in [4.69, 9.17) is 10.8 Å². The van der Waals surface area contributed by atoms with Crippen molar-refractivity contribution in [2.24, 2.45) is 5.73 Å². The average molecular weight is 174 g/mol. The highest BCUT2D eigenvalue weighted by Gasteiger charge is 2.20. The van der Waals surface area contributed by atoms with Crippen LogP contribution < -0.4 is 5.73 Å². The Morgan fingerprint density at radius 3 is 2.42 bits per heavy atom. The quantitative estimate of drug-likeness (QED) is 0.588. The van der Waals surface area contributed by atoms with Crippen LogP contribution in [0.25, 0.3) is 0 Å². The average Bonchev–Trinajstić information content (AvgIpc) is 2.02. The Morgan fingerprint density at radius 2 is 2.08 bits per heavy atom. The summed E-state index contributed by atoms with van der Waals surface area (Å²) >= 11 is 0. The predicted molar refractivity (Wildman–Crippen MR) is 43.5 cm³/mol. The number of likely N-dealkylation sites (N-methyl/N-ethyl adjacent to an activating group) is 1. The van der Waals surface area contributed by atoms with Crippen molar-refractivity contribution in [1.82, 2.24) is 4.90 Å². The molecule has 0 bridgehead atoms. The van der Waals surface area contributed by atoms with Crippen molar-refractivity contribution in [3.05, 3.63) is 0 Å². The van der Waals surface area contributed by atoms with Gasteiger partial charge in [0.05, 0.1) is 0 Å². The molecule has 5 nitrogen and oxygen atoms in total. The molecular weight excluding hydrogens is 160 g/mol. The summed E-state index contributed by atoms with van der Waals surface area (Å²) in [5.41, 5.74) is 5.15. The topological polar surface area (TPSA) is 83.6 Å². The molecule has 0 saturated carbocycles. The highest BCUT2D eigenvalue weighted by Crippen LogP contribution is 1.97.